The van der Waals surface area contributed by atoms with Crippen LogP contribution in [-0.2, 0) is 19.1 Å². The molecule has 228 valence electrons. The zero-order valence-corrected chi connectivity index (χ0v) is 21.3. The van der Waals surface area contributed by atoms with Crippen LogP contribution in [-0.4, -0.2) is 124 Å². The van der Waals surface area contributed by atoms with Gasteiger partial charge >= 0.3 is 11.9 Å². The van der Waals surface area contributed by atoms with Crippen molar-refractivity contribution in [3.05, 3.63) is 47.5 Å². The second-order valence-electron chi connectivity index (χ2n) is 9.52. The number of carboxylic acids is 2. The van der Waals surface area contributed by atoms with Gasteiger partial charge in [-0.25, -0.2) is 9.59 Å². The molecule has 10 N–H and O–H groups in total. The minimum atomic E-state index is -1.94. The molecule has 2 aliphatic heterocycles. The van der Waals surface area contributed by atoms with Crippen LogP contribution in [0.5, 0.6) is 23.0 Å². The van der Waals surface area contributed by atoms with Crippen molar-refractivity contribution in [2.75, 3.05) is 0 Å². The van der Waals surface area contributed by atoms with Gasteiger partial charge in [0.15, 0.2) is 12.2 Å². The van der Waals surface area contributed by atoms with Crippen LogP contribution in [0.15, 0.2) is 36.4 Å². The van der Waals surface area contributed by atoms with Gasteiger partial charge in [0.25, 0.3) is 0 Å². The Morgan fingerprint density at radius 2 is 1.19 bits per heavy atom. The largest absolute Gasteiger partial charge is 0.508 e. The van der Waals surface area contributed by atoms with E-state index >= 15 is 0 Å². The Balaban J connectivity index is 1.55. The van der Waals surface area contributed by atoms with Crippen molar-refractivity contribution >= 4 is 24.1 Å². The van der Waals surface area contributed by atoms with Gasteiger partial charge in [-0.05, 0) is 29.8 Å². The van der Waals surface area contributed by atoms with E-state index in [0.29, 0.717) is 0 Å². The lowest BCUT2D eigenvalue weighted by Gasteiger charge is -2.38. The summed E-state index contributed by atoms with van der Waals surface area (Å²) in [5.74, 6) is -4.10. The van der Waals surface area contributed by atoms with Crippen molar-refractivity contribution in [1.82, 2.24) is 0 Å². The van der Waals surface area contributed by atoms with Crippen LogP contribution in [0.25, 0.3) is 12.2 Å². The minimum Gasteiger partial charge on any atom is -0.508 e. The number of hydrogen-bond donors (Lipinski definition) is 10. The summed E-state index contributed by atoms with van der Waals surface area (Å²) in [5, 5.41) is 98.8. The van der Waals surface area contributed by atoms with Crippen LogP contribution in [0.4, 0.5) is 0 Å². The van der Waals surface area contributed by atoms with Crippen molar-refractivity contribution in [1.29, 1.82) is 0 Å². The van der Waals surface area contributed by atoms with Crippen molar-refractivity contribution in [2.24, 2.45) is 0 Å². The van der Waals surface area contributed by atoms with Gasteiger partial charge in [-0.3, -0.25) is 0 Å². The molecule has 2 saturated heterocycles. The molecule has 10 atom stereocenters. The van der Waals surface area contributed by atoms with Crippen LogP contribution >= 0.6 is 0 Å². The Labute approximate surface area is 236 Å². The molecule has 0 amide bonds. The predicted molar refractivity (Wildman–Crippen MR) is 135 cm³/mol. The number of carbonyl (C=O) groups is 2. The molecule has 0 aliphatic carbocycles. The average molecular weight is 596 g/mol. The molecular formula is C26H28O16. The summed E-state index contributed by atoms with van der Waals surface area (Å²) in [7, 11) is 0. The van der Waals surface area contributed by atoms with E-state index < -0.39 is 73.4 Å². The van der Waals surface area contributed by atoms with E-state index in [9.17, 15) is 60.7 Å². The highest BCUT2D eigenvalue weighted by molar-refractivity contribution is 5.75. The normalized spacial score (nSPS) is 33.3. The smallest absolute Gasteiger partial charge is 0.335 e. The molecule has 2 fully saturated rings. The minimum absolute atomic E-state index is 0.125. The van der Waals surface area contributed by atoms with E-state index in [0.717, 1.165) is 12.1 Å². The second kappa shape index (κ2) is 12.5. The van der Waals surface area contributed by atoms with E-state index in [1.54, 1.807) is 0 Å². The maximum absolute atomic E-state index is 11.4. The first-order valence-corrected chi connectivity index (χ1v) is 12.3. The number of carboxylic acid groups (broad SMARTS) is 2. The zero-order valence-electron chi connectivity index (χ0n) is 21.3. The maximum Gasteiger partial charge on any atom is 0.335 e. The number of phenols is 2. The summed E-state index contributed by atoms with van der Waals surface area (Å²) in [4.78, 5) is 22.7. The van der Waals surface area contributed by atoms with Crippen molar-refractivity contribution in [3.63, 3.8) is 0 Å². The third kappa shape index (κ3) is 6.56. The molecule has 4 rings (SSSR count). The first-order valence-electron chi connectivity index (χ1n) is 12.3. The highest BCUT2D eigenvalue weighted by Gasteiger charge is 2.49. The Hall–Kier alpha value is -4.00. The first kappa shape index (κ1) is 30.9. The Kier molecular flexibility index (Phi) is 9.19. The number of ether oxygens (including phenoxy) is 4. The van der Waals surface area contributed by atoms with E-state index in [-0.39, 0.29) is 34.1 Å². The standard InChI is InChI=1S/C26H28O16/c27-11-4-3-10(14(8-11)40-26-20(34)16(30)18(32)22(42-26)24(37)38)2-1-9-5-12(28)7-13(6-9)39-25-19(33)15(29)17(31)21(41-25)23(35)36/h1-8,15-22,25-34H,(H,35,36)(H,37,38)/b2-1+/t15-,16-,17+,18+,19-,20+,21-,22-,25+,26+/m1/s1. The molecule has 0 saturated carbocycles. The van der Waals surface area contributed by atoms with Crippen LogP contribution in [0, 0.1) is 0 Å². The number of hydrogen-bond acceptors (Lipinski definition) is 14. The lowest BCUT2D eigenvalue weighted by molar-refractivity contribution is -0.271. The van der Waals surface area contributed by atoms with Crippen LogP contribution in [0.2, 0.25) is 0 Å². The summed E-state index contributed by atoms with van der Waals surface area (Å²) >= 11 is 0. The van der Waals surface area contributed by atoms with Crippen molar-refractivity contribution in [3.8, 4) is 23.0 Å². The summed E-state index contributed by atoms with van der Waals surface area (Å²) < 4.78 is 21.2. The number of aliphatic carboxylic acids is 2. The molecule has 0 spiro atoms. The molecule has 16 nitrogen and oxygen atoms in total. The third-order valence-electron chi connectivity index (χ3n) is 6.49. The molecule has 0 radical (unpaired) electrons. The van der Waals surface area contributed by atoms with Gasteiger partial charge in [-0.15, -0.1) is 0 Å². The lowest BCUT2D eigenvalue weighted by atomic mass is 9.99. The van der Waals surface area contributed by atoms with Crippen LogP contribution in [0.1, 0.15) is 11.1 Å². The van der Waals surface area contributed by atoms with Gasteiger partial charge in [0, 0.05) is 17.7 Å². The van der Waals surface area contributed by atoms with Gasteiger partial charge in [0.1, 0.15) is 59.6 Å². The number of rotatable bonds is 8. The monoisotopic (exact) mass is 596 g/mol. The van der Waals surface area contributed by atoms with Gasteiger partial charge in [-0.2, -0.15) is 0 Å². The second-order valence-corrected chi connectivity index (χ2v) is 9.52. The molecule has 2 aromatic rings. The summed E-state index contributed by atoms with van der Waals surface area (Å²) in [5.41, 5.74) is 0.498. The van der Waals surface area contributed by atoms with Crippen molar-refractivity contribution < 1.29 is 79.6 Å². The molecular weight excluding hydrogens is 568 g/mol. The number of benzene rings is 2. The third-order valence-corrected chi connectivity index (χ3v) is 6.49. The fourth-order valence-electron chi connectivity index (χ4n) is 4.28. The van der Waals surface area contributed by atoms with Gasteiger partial charge in [0.2, 0.25) is 12.6 Å². The highest BCUT2D eigenvalue weighted by atomic mass is 16.7. The fourth-order valence-corrected chi connectivity index (χ4v) is 4.28. The van der Waals surface area contributed by atoms with E-state index in [4.69, 9.17) is 18.9 Å². The molecule has 2 aliphatic rings. The fraction of sp³-hybridized carbons (Fsp3) is 0.385. The maximum atomic E-state index is 11.4. The summed E-state index contributed by atoms with van der Waals surface area (Å²) in [6.45, 7) is 0. The van der Waals surface area contributed by atoms with E-state index in [2.05, 4.69) is 0 Å². The summed E-state index contributed by atoms with van der Waals surface area (Å²) in [6.07, 6.45) is -15.9. The van der Waals surface area contributed by atoms with Crippen molar-refractivity contribution in [2.45, 2.75) is 61.4 Å². The SMILES string of the molecule is O=C(O)[C@@H]1O[C@H](Oc2cc(O)ccc2/C=C/c2cc(O)cc(O[C@H]3O[C@@H](C(=O)O)[C@@H](O)[C@@H](O)[C@H]3O)c2)[C@@H](O)[C@H](O)[C@@H]1O. The number of phenolic OH excluding ortho intramolecular Hbond substituents is 2. The molecule has 0 bridgehead atoms. The van der Waals surface area contributed by atoms with Crippen LogP contribution < -0.4 is 9.47 Å². The lowest BCUT2D eigenvalue weighted by Crippen LogP contribution is -2.61. The molecule has 2 aromatic carbocycles. The quantitative estimate of drug-likeness (QED) is 0.145. The first-order chi connectivity index (χ1) is 19.8. The summed E-state index contributed by atoms with van der Waals surface area (Å²) in [6, 6.07) is 7.49. The number of aliphatic hydroxyl groups is 6. The number of aliphatic hydroxyl groups excluding tert-OH is 6. The Morgan fingerprint density at radius 3 is 1.74 bits per heavy atom. The molecule has 0 unspecified atom stereocenters. The average Bonchev–Trinajstić information content (AvgIpc) is 2.92. The number of aromatic hydroxyl groups is 2. The molecule has 42 heavy (non-hydrogen) atoms. The molecule has 2 heterocycles. The van der Waals surface area contributed by atoms with E-state index in [1.165, 1.54) is 36.4 Å². The zero-order chi connectivity index (χ0) is 30.9. The van der Waals surface area contributed by atoms with Gasteiger partial charge in [-0.1, -0.05) is 12.2 Å². The predicted octanol–water partition coefficient (Wildman–Crippen LogP) is -2.19. The Morgan fingerprint density at radius 1 is 0.643 bits per heavy atom. The Bertz CT molecular complexity index is 1330. The van der Waals surface area contributed by atoms with E-state index in [1.807, 2.05) is 0 Å². The highest BCUT2D eigenvalue weighted by Crippen LogP contribution is 2.32. The molecule has 16 heteroatoms. The van der Waals surface area contributed by atoms with Gasteiger partial charge < -0.3 is 70.0 Å². The van der Waals surface area contributed by atoms with Crippen LogP contribution in [0.3, 0.4) is 0 Å². The molecule has 0 aromatic heterocycles. The topological polar surface area (TPSA) is 273 Å². The van der Waals surface area contributed by atoms with Gasteiger partial charge in [0.05, 0.1) is 0 Å².